The molecule has 12 heterocycles. The molecule has 13 nitrogen and oxygen atoms in total. The molecule has 534 valence electrons. The summed E-state index contributed by atoms with van der Waals surface area (Å²) in [6.45, 7) is 66.7. The molecule has 10 unspecified atom stereocenters. The molecule has 0 aliphatic carbocycles. The normalized spacial score (nSPS) is 31.8. The molecule has 0 saturated carbocycles. The Balaban J connectivity index is 0.000000269. The fourth-order valence-electron chi connectivity index (χ4n) is 17.0. The molecule has 90 heavy (non-hydrogen) atoms. The second kappa shape index (κ2) is 41.5. The van der Waals surface area contributed by atoms with Crippen molar-refractivity contribution < 1.29 is 0 Å². The first-order chi connectivity index (χ1) is 41.5. The lowest BCUT2D eigenvalue weighted by Crippen LogP contribution is -2.47. The van der Waals surface area contributed by atoms with Gasteiger partial charge in [-0.25, -0.2) is 0 Å². The fraction of sp³-hybridized carbons (Fsp3) is 0.974. The van der Waals surface area contributed by atoms with Crippen LogP contribution >= 0.6 is 0 Å². The molecule has 11 fully saturated rings. The first kappa shape index (κ1) is 83.4. The molecule has 0 aromatic heterocycles. The van der Waals surface area contributed by atoms with Crippen molar-refractivity contribution in [2.45, 2.75) is 225 Å². The van der Waals surface area contributed by atoms with Gasteiger partial charge in [-0.2, -0.15) is 0 Å². The van der Waals surface area contributed by atoms with Crippen molar-refractivity contribution in [1.29, 1.82) is 0 Å². The summed E-state index contributed by atoms with van der Waals surface area (Å²) in [6.07, 6.45) is 13.6. The fourth-order valence-corrected chi connectivity index (χ4v) is 17.0. The summed E-state index contributed by atoms with van der Waals surface area (Å²) in [6, 6.07) is 6.29. The molecule has 11 saturated heterocycles. The van der Waals surface area contributed by atoms with Crippen LogP contribution in [0.5, 0.6) is 0 Å². The molecule has 0 aromatic carbocycles. The Labute approximate surface area is 564 Å². The third kappa shape index (κ3) is 27.3. The lowest BCUT2D eigenvalue weighted by Gasteiger charge is -2.34. The first-order valence-corrected chi connectivity index (χ1v) is 37.4. The van der Waals surface area contributed by atoms with Crippen molar-refractivity contribution >= 4 is 0 Å². The van der Waals surface area contributed by atoms with E-state index in [-0.39, 0.29) is 14.9 Å². The number of likely N-dealkylation sites (N-methyl/N-ethyl adjacent to an activating group) is 5. The van der Waals surface area contributed by atoms with Gasteiger partial charge in [0.05, 0.1) is 0 Å². The molecule has 12 rings (SSSR count). The monoisotopic (exact) mass is 1270 g/mol. The van der Waals surface area contributed by atoms with Gasteiger partial charge in [0.1, 0.15) is 0 Å². The van der Waals surface area contributed by atoms with Crippen LogP contribution in [0.4, 0.5) is 0 Å². The number of likely N-dealkylation sites (tertiary alicyclic amines) is 10. The van der Waals surface area contributed by atoms with Crippen LogP contribution in [0.25, 0.3) is 0 Å². The van der Waals surface area contributed by atoms with Crippen molar-refractivity contribution in [3.05, 3.63) is 11.6 Å². The van der Waals surface area contributed by atoms with Gasteiger partial charge < -0.3 is 44.1 Å². The summed E-state index contributed by atoms with van der Waals surface area (Å²) in [7, 11) is 17.9. The summed E-state index contributed by atoms with van der Waals surface area (Å²) in [5, 5.41) is 0. The minimum absolute atomic E-state index is 0. The highest BCUT2D eigenvalue weighted by atomic mass is 15.3. The van der Waals surface area contributed by atoms with Gasteiger partial charge in [-0.15, -0.1) is 0 Å². The zero-order chi connectivity index (χ0) is 65.1. The zero-order valence-electron chi connectivity index (χ0n) is 63.2. The van der Waals surface area contributed by atoms with Gasteiger partial charge in [0.2, 0.25) is 0 Å². The quantitative estimate of drug-likeness (QED) is 0.217. The predicted octanol–water partition coefficient (Wildman–Crippen LogP) is 11.8. The van der Waals surface area contributed by atoms with Gasteiger partial charge in [0.25, 0.3) is 0 Å². The zero-order valence-corrected chi connectivity index (χ0v) is 63.2. The average molecular weight is 1270 g/mol. The van der Waals surface area contributed by atoms with E-state index in [1.807, 2.05) is 0 Å². The molecular formula is C77H161N13. The maximum atomic E-state index is 2.67. The lowest BCUT2D eigenvalue weighted by molar-refractivity contribution is 0.126. The highest BCUT2D eigenvalue weighted by Crippen LogP contribution is 2.35. The molecule has 0 bridgehead atoms. The van der Waals surface area contributed by atoms with Gasteiger partial charge in [-0.1, -0.05) is 68.0 Å². The van der Waals surface area contributed by atoms with Gasteiger partial charge in [-0.05, 0) is 269 Å². The number of fused-ring (bicyclic) bond motifs is 4. The van der Waals surface area contributed by atoms with E-state index in [1.54, 1.807) is 5.57 Å². The van der Waals surface area contributed by atoms with Crippen molar-refractivity contribution in [3.8, 4) is 0 Å². The minimum atomic E-state index is 0. The maximum absolute atomic E-state index is 2.67. The Kier molecular flexibility index (Phi) is 38.4. The molecule has 0 spiro atoms. The molecule has 0 aromatic rings. The highest BCUT2D eigenvalue weighted by Gasteiger charge is 2.43. The first-order valence-electron chi connectivity index (χ1n) is 37.4. The van der Waals surface area contributed by atoms with Crippen LogP contribution < -0.4 is 0 Å². The Hall–Kier alpha value is -0.780. The summed E-state index contributed by atoms with van der Waals surface area (Å²) >= 11 is 0. The predicted molar refractivity (Wildman–Crippen MR) is 398 cm³/mol. The van der Waals surface area contributed by atoms with Crippen molar-refractivity contribution in [3.63, 3.8) is 0 Å². The van der Waals surface area contributed by atoms with E-state index in [0.29, 0.717) is 0 Å². The molecule has 10 atom stereocenters. The van der Waals surface area contributed by atoms with Gasteiger partial charge in [-0.3, -0.25) is 19.6 Å². The van der Waals surface area contributed by atoms with E-state index < -0.39 is 0 Å². The second-order valence-corrected chi connectivity index (χ2v) is 33.5. The summed E-state index contributed by atoms with van der Waals surface area (Å²) in [4.78, 5) is 32.8. The lowest BCUT2D eigenvalue weighted by atomic mass is 9.88. The third-order valence-corrected chi connectivity index (χ3v) is 23.6. The van der Waals surface area contributed by atoms with Crippen molar-refractivity contribution in [2.24, 2.45) is 59.2 Å². The average Bonchev–Trinajstić information content (AvgIpc) is 1.96. The summed E-state index contributed by atoms with van der Waals surface area (Å²) in [5.41, 5.74) is 1.61. The van der Waals surface area contributed by atoms with Gasteiger partial charge >= 0.3 is 0 Å². The van der Waals surface area contributed by atoms with Crippen LogP contribution in [0.2, 0.25) is 0 Å². The molecule has 12 aliphatic heterocycles. The van der Waals surface area contributed by atoms with Crippen LogP contribution in [-0.2, 0) is 0 Å². The second-order valence-electron chi connectivity index (χ2n) is 33.5. The number of nitrogens with zero attached hydrogens (tertiary/aromatic N) is 13. The molecule has 0 amide bonds. The molecule has 13 heteroatoms. The highest BCUT2D eigenvalue weighted by molar-refractivity contribution is 5.10. The third-order valence-electron chi connectivity index (χ3n) is 23.6. The summed E-state index contributed by atoms with van der Waals surface area (Å²) < 4.78 is 0. The van der Waals surface area contributed by atoms with E-state index in [2.05, 4.69) is 237 Å². The van der Waals surface area contributed by atoms with Crippen LogP contribution in [0.15, 0.2) is 11.6 Å². The maximum Gasteiger partial charge on any atom is 0.0266 e. The van der Waals surface area contributed by atoms with E-state index in [1.165, 1.54) is 202 Å². The van der Waals surface area contributed by atoms with E-state index in [0.717, 1.165) is 108 Å². The Morgan fingerprint density at radius 1 is 0.311 bits per heavy atom. The van der Waals surface area contributed by atoms with E-state index in [9.17, 15) is 0 Å². The smallest absolute Gasteiger partial charge is 0.0266 e. The number of piperidine rings is 2. The van der Waals surface area contributed by atoms with Crippen LogP contribution in [0.1, 0.15) is 177 Å². The number of hydrogen-bond acceptors (Lipinski definition) is 13. The standard InChI is InChI=1S/C11H22N2.3C10H20N2.C9H19N.C9H17N.C8H18N2.C8H17N.2CH4/c1-9(2)13-7-10-5-4-6-12(3)11(10)8-13;1-8(2)12-6-9-4-11(3)5-10(9)7-12;1-8(2)12-5-4-9-6-11(3)7-10(9)12;1-8(2)12-6-9-4-5-11(3)10(9)7-12;2*1-8(2)9-5-4-6-10(3)7-9;1-8(2)10-6-4-9(3)5-7-10;1-7(2)8-4-5-9(3)6-8;;/h9-11H,4-8H2,1-3H3;3*8-10H,4-7H2,1-3H3;8-9H,4-7H2,1-3H3;5,8H,4,6-7H2,1-3H3;8H,4-7H2,1-3H3;7-8H,4-6H2,1-3H3;2*1H4. The SMILES string of the molecule is C.C.CC(C)C1=CCCN(C)C1.CC(C)C1CCCN(C)C1.CC(C)C1CCN(C)C1.CC(C)N1CC2CCCN(C)C2C1.CC(C)N1CC2CCN(C)C2C1.CC(C)N1CC2CN(C)CC2C1.CC(C)N1CCC2CN(C)CC21.CC(C)N1CCN(C)CC1. The number of hydrogen-bond donors (Lipinski definition) is 0. The Morgan fingerprint density at radius 2 is 0.744 bits per heavy atom. The van der Waals surface area contributed by atoms with E-state index >= 15 is 0 Å². The van der Waals surface area contributed by atoms with E-state index in [4.69, 9.17) is 0 Å². The number of piperazine rings is 1. The molecule has 0 radical (unpaired) electrons. The summed E-state index contributed by atoms with van der Waals surface area (Å²) in [5.74, 6) is 9.26. The minimum Gasteiger partial charge on any atom is -0.306 e. The van der Waals surface area contributed by atoms with Crippen LogP contribution in [-0.4, -0.2) is 319 Å². The molecular weight excluding hydrogens is 1110 g/mol. The molecule has 12 aliphatic rings. The van der Waals surface area contributed by atoms with Crippen molar-refractivity contribution in [1.82, 2.24) is 63.7 Å². The van der Waals surface area contributed by atoms with Gasteiger partial charge in [0, 0.05) is 166 Å². The molecule has 0 N–H and O–H groups in total. The van der Waals surface area contributed by atoms with Crippen molar-refractivity contribution in [2.75, 3.05) is 207 Å². The Bertz CT molecular complexity index is 1870. The van der Waals surface area contributed by atoms with Gasteiger partial charge in [0.15, 0.2) is 0 Å². The topological polar surface area (TPSA) is 42.1 Å². The van der Waals surface area contributed by atoms with Crippen LogP contribution in [0.3, 0.4) is 0 Å². The Morgan fingerprint density at radius 3 is 1.18 bits per heavy atom. The number of rotatable bonds is 8. The van der Waals surface area contributed by atoms with Crippen LogP contribution in [0, 0.1) is 59.2 Å². The largest absolute Gasteiger partial charge is 0.306 e.